The van der Waals surface area contributed by atoms with Gasteiger partial charge in [0.15, 0.2) is 11.8 Å². The minimum atomic E-state index is -0.269. The molecule has 4 rings (SSSR count). The summed E-state index contributed by atoms with van der Waals surface area (Å²) in [7, 11) is 0. The Bertz CT molecular complexity index is 1250. The molecule has 0 radical (unpaired) electrons. The van der Waals surface area contributed by atoms with Crippen molar-refractivity contribution in [2.45, 2.75) is 6.92 Å². The molecule has 1 aliphatic rings. The molecule has 1 heterocycles. The molecule has 0 unspecified atom stereocenters. The van der Waals surface area contributed by atoms with Crippen molar-refractivity contribution in [3.63, 3.8) is 0 Å². The standard InChI is InChI=1S/C28H27N3O4S/c1-2-34-18-17-31-27(33)25(36-28(31)30-23-14-7-4-8-15-23)19-21-11-9-10-16-24(21)35-20-26(32)29-22-12-5-3-6-13-22/h3-16,19H,2,17-18,20H2,1H3,(H,29,32)/b25-19-,30-28?. The maximum Gasteiger partial charge on any atom is 0.266 e. The number of amidine groups is 1. The smallest absolute Gasteiger partial charge is 0.266 e. The van der Waals surface area contributed by atoms with Gasteiger partial charge < -0.3 is 14.8 Å². The van der Waals surface area contributed by atoms with E-state index in [0.29, 0.717) is 46.8 Å². The number of benzene rings is 3. The number of amides is 2. The van der Waals surface area contributed by atoms with Crippen LogP contribution in [0.15, 0.2) is 94.8 Å². The van der Waals surface area contributed by atoms with E-state index in [1.165, 1.54) is 11.8 Å². The van der Waals surface area contributed by atoms with E-state index in [9.17, 15) is 9.59 Å². The van der Waals surface area contributed by atoms with Gasteiger partial charge in [0.1, 0.15) is 5.75 Å². The number of carbonyl (C=O) groups is 2. The second kappa shape index (κ2) is 12.7. The van der Waals surface area contributed by atoms with Crippen LogP contribution in [0.25, 0.3) is 6.08 Å². The van der Waals surface area contributed by atoms with Crippen LogP contribution in [0.1, 0.15) is 12.5 Å². The van der Waals surface area contributed by atoms with E-state index in [1.54, 1.807) is 17.0 Å². The predicted octanol–water partition coefficient (Wildman–Crippen LogP) is 5.34. The molecule has 3 aromatic rings. The Hall–Kier alpha value is -3.88. The second-order valence-corrected chi connectivity index (χ2v) is 8.74. The summed E-state index contributed by atoms with van der Waals surface area (Å²) in [5, 5.41) is 3.39. The van der Waals surface area contributed by atoms with Crippen LogP contribution in [0, 0.1) is 0 Å². The lowest BCUT2D eigenvalue weighted by Crippen LogP contribution is -2.32. The molecular weight excluding hydrogens is 474 g/mol. The summed E-state index contributed by atoms with van der Waals surface area (Å²) in [6.07, 6.45) is 1.78. The van der Waals surface area contributed by atoms with Gasteiger partial charge in [0.05, 0.1) is 23.7 Å². The van der Waals surface area contributed by atoms with Crippen molar-refractivity contribution in [2.24, 2.45) is 4.99 Å². The zero-order chi connectivity index (χ0) is 25.2. The summed E-state index contributed by atoms with van der Waals surface area (Å²) < 4.78 is 11.3. The minimum absolute atomic E-state index is 0.147. The molecule has 3 aromatic carbocycles. The summed E-state index contributed by atoms with van der Waals surface area (Å²) in [5.41, 5.74) is 2.17. The van der Waals surface area contributed by atoms with E-state index >= 15 is 0 Å². The molecule has 2 amide bonds. The number of anilines is 1. The predicted molar refractivity (Wildman–Crippen MR) is 144 cm³/mol. The van der Waals surface area contributed by atoms with Crippen molar-refractivity contribution in [3.8, 4) is 5.75 Å². The SMILES string of the molecule is CCOCCN1C(=O)/C(=C/c2ccccc2OCC(=O)Nc2ccccc2)SC1=Nc1ccccc1. The van der Waals surface area contributed by atoms with Gasteiger partial charge in [0, 0.05) is 17.9 Å². The average Bonchev–Trinajstić information content (AvgIpc) is 3.18. The van der Waals surface area contributed by atoms with Gasteiger partial charge in [-0.1, -0.05) is 54.6 Å². The molecule has 1 aliphatic heterocycles. The monoisotopic (exact) mass is 501 g/mol. The van der Waals surface area contributed by atoms with Crippen molar-refractivity contribution in [1.29, 1.82) is 0 Å². The van der Waals surface area contributed by atoms with Gasteiger partial charge in [-0.25, -0.2) is 4.99 Å². The molecule has 1 fully saturated rings. The van der Waals surface area contributed by atoms with Gasteiger partial charge in [0.25, 0.3) is 11.8 Å². The van der Waals surface area contributed by atoms with Gasteiger partial charge in [-0.05, 0) is 55.1 Å². The van der Waals surface area contributed by atoms with Crippen LogP contribution in [0.3, 0.4) is 0 Å². The highest BCUT2D eigenvalue weighted by molar-refractivity contribution is 8.18. The molecule has 1 saturated heterocycles. The minimum Gasteiger partial charge on any atom is -0.483 e. The first-order valence-electron chi connectivity index (χ1n) is 11.6. The summed E-state index contributed by atoms with van der Waals surface area (Å²) >= 11 is 1.31. The van der Waals surface area contributed by atoms with Crippen molar-refractivity contribution in [3.05, 3.63) is 95.4 Å². The maximum atomic E-state index is 13.3. The molecule has 0 bridgehead atoms. The second-order valence-electron chi connectivity index (χ2n) is 7.73. The van der Waals surface area contributed by atoms with Crippen LogP contribution in [0.5, 0.6) is 5.75 Å². The highest BCUT2D eigenvalue weighted by Gasteiger charge is 2.33. The summed E-state index contributed by atoms with van der Waals surface area (Å²) in [4.78, 5) is 32.5. The molecule has 8 heteroatoms. The number of nitrogens with one attached hydrogen (secondary N) is 1. The Morgan fingerprint density at radius 2 is 1.69 bits per heavy atom. The number of aliphatic imine (C=N–C) groups is 1. The molecule has 0 saturated carbocycles. The van der Waals surface area contributed by atoms with E-state index in [2.05, 4.69) is 10.3 Å². The van der Waals surface area contributed by atoms with E-state index in [-0.39, 0.29) is 18.4 Å². The van der Waals surface area contributed by atoms with Crippen LogP contribution in [-0.4, -0.2) is 48.2 Å². The molecule has 0 atom stereocenters. The number of ether oxygens (including phenoxy) is 2. The third-order valence-electron chi connectivity index (χ3n) is 5.15. The van der Waals surface area contributed by atoms with Gasteiger partial charge in [-0.3, -0.25) is 14.5 Å². The van der Waals surface area contributed by atoms with Crippen molar-refractivity contribution < 1.29 is 19.1 Å². The summed E-state index contributed by atoms with van der Waals surface area (Å²) in [6, 6.07) is 26.0. The topological polar surface area (TPSA) is 80.2 Å². The summed E-state index contributed by atoms with van der Waals surface area (Å²) in [6.45, 7) is 3.16. The fourth-order valence-corrected chi connectivity index (χ4v) is 4.45. The van der Waals surface area contributed by atoms with Crippen LogP contribution in [-0.2, 0) is 14.3 Å². The van der Waals surface area contributed by atoms with Crippen molar-refractivity contribution >= 4 is 46.2 Å². The molecule has 36 heavy (non-hydrogen) atoms. The maximum absolute atomic E-state index is 13.3. The van der Waals surface area contributed by atoms with Gasteiger partial charge in [0.2, 0.25) is 0 Å². The Labute approximate surface area is 214 Å². The number of carbonyl (C=O) groups excluding carboxylic acids is 2. The van der Waals surface area contributed by atoms with Gasteiger partial charge in [-0.2, -0.15) is 0 Å². The number of hydrogen-bond acceptors (Lipinski definition) is 6. The fraction of sp³-hybridized carbons (Fsp3) is 0.179. The Balaban J connectivity index is 1.51. The lowest BCUT2D eigenvalue weighted by molar-refractivity contribution is -0.122. The van der Waals surface area contributed by atoms with E-state index in [0.717, 1.165) is 5.69 Å². The molecule has 7 nitrogen and oxygen atoms in total. The highest BCUT2D eigenvalue weighted by Crippen LogP contribution is 2.35. The van der Waals surface area contributed by atoms with Crippen LogP contribution >= 0.6 is 11.8 Å². The number of para-hydroxylation sites is 3. The fourth-order valence-electron chi connectivity index (χ4n) is 3.44. The van der Waals surface area contributed by atoms with E-state index < -0.39 is 0 Å². The molecule has 0 aromatic heterocycles. The highest BCUT2D eigenvalue weighted by atomic mass is 32.2. The Kier molecular flexibility index (Phi) is 8.91. The average molecular weight is 502 g/mol. The van der Waals surface area contributed by atoms with E-state index in [1.807, 2.05) is 85.8 Å². The molecular formula is C28H27N3O4S. The lowest BCUT2D eigenvalue weighted by atomic mass is 10.2. The largest absolute Gasteiger partial charge is 0.483 e. The number of rotatable bonds is 10. The lowest BCUT2D eigenvalue weighted by Gasteiger charge is -2.15. The Morgan fingerprint density at radius 3 is 2.44 bits per heavy atom. The zero-order valence-electron chi connectivity index (χ0n) is 19.9. The first-order chi connectivity index (χ1) is 17.6. The first-order valence-corrected chi connectivity index (χ1v) is 12.5. The first kappa shape index (κ1) is 25.2. The normalized spacial score (nSPS) is 15.5. The van der Waals surface area contributed by atoms with Gasteiger partial charge in [-0.15, -0.1) is 0 Å². The third kappa shape index (κ3) is 6.84. The zero-order valence-corrected chi connectivity index (χ0v) is 20.7. The molecule has 184 valence electrons. The van der Waals surface area contributed by atoms with E-state index in [4.69, 9.17) is 9.47 Å². The number of hydrogen-bond donors (Lipinski definition) is 1. The molecule has 1 N–H and O–H groups in total. The van der Waals surface area contributed by atoms with Crippen molar-refractivity contribution in [2.75, 3.05) is 31.7 Å². The third-order valence-corrected chi connectivity index (χ3v) is 6.16. The number of nitrogens with zero attached hydrogens (tertiary/aromatic N) is 2. The number of thioether (sulfide) groups is 1. The Morgan fingerprint density at radius 1 is 1.00 bits per heavy atom. The summed E-state index contributed by atoms with van der Waals surface area (Å²) in [5.74, 6) is 0.0938. The van der Waals surface area contributed by atoms with Crippen LogP contribution in [0.2, 0.25) is 0 Å². The molecule has 0 spiro atoms. The van der Waals surface area contributed by atoms with Gasteiger partial charge >= 0.3 is 0 Å². The van der Waals surface area contributed by atoms with Crippen LogP contribution in [0.4, 0.5) is 11.4 Å². The quantitative estimate of drug-likeness (QED) is 0.299. The van der Waals surface area contributed by atoms with Crippen molar-refractivity contribution in [1.82, 2.24) is 4.90 Å². The molecule has 0 aliphatic carbocycles. The van der Waals surface area contributed by atoms with Crippen LogP contribution < -0.4 is 10.1 Å².